The largest absolute Gasteiger partial charge is 0.497 e. The number of methoxy groups -OCH3 is 1. The Morgan fingerprint density at radius 1 is 1.07 bits per heavy atom. The smallest absolute Gasteiger partial charge is 0.261 e. The lowest BCUT2D eigenvalue weighted by Gasteiger charge is -2.13. The first-order valence-electron chi connectivity index (χ1n) is 9.26. The van der Waals surface area contributed by atoms with Gasteiger partial charge in [-0.05, 0) is 36.4 Å². The second-order valence-corrected chi connectivity index (χ2v) is 6.57. The Labute approximate surface area is 171 Å². The standard InChI is InChI=1S/C21H18N4O5/c1-29-14-8-6-13(7-9-14)19-23-18(30-24-19)12-22-17(26)10-11-25-20(27)15-4-2-3-5-16(15)21(25)28/h2-9H,10-12H2,1H3,(H,22,26). The Balaban J connectivity index is 1.29. The van der Waals surface area contributed by atoms with Crippen LogP contribution in [0, 0.1) is 0 Å². The highest BCUT2D eigenvalue weighted by Crippen LogP contribution is 2.22. The molecule has 0 radical (unpaired) electrons. The maximum absolute atomic E-state index is 12.3. The van der Waals surface area contributed by atoms with E-state index in [2.05, 4.69) is 15.5 Å². The monoisotopic (exact) mass is 406 g/mol. The van der Waals surface area contributed by atoms with Crippen LogP contribution in [0.4, 0.5) is 0 Å². The minimum Gasteiger partial charge on any atom is -0.497 e. The summed E-state index contributed by atoms with van der Waals surface area (Å²) in [5, 5.41) is 6.55. The zero-order valence-corrected chi connectivity index (χ0v) is 16.1. The lowest BCUT2D eigenvalue weighted by atomic mass is 10.1. The average Bonchev–Trinajstić information content (AvgIpc) is 3.35. The molecule has 4 rings (SSSR count). The van der Waals surface area contributed by atoms with Crippen LogP contribution in [-0.2, 0) is 11.3 Å². The van der Waals surface area contributed by atoms with E-state index in [1.807, 2.05) is 0 Å². The highest BCUT2D eigenvalue weighted by molar-refractivity contribution is 6.21. The summed E-state index contributed by atoms with van der Waals surface area (Å²) in [7, 11) is 1.58. The van der Waals surface area contributed by atoms with E-state index < -0.39 is 0 Å². The van der Waals surface area contributed by atoms with Gasteiger partial charge in [0.25, 0.3) is 11.8 Å². The van der Waals surface area contributed by atoms with Gasteiger partial charge in [0.15, 0.2) is 0 Å². The summed E-state index contributed by atoms with van der Waals surface area (Å²) in [6.07, 6.45) is -0.0229. The number of carbonyl (C=O) groups is 3. The first-order valence-corrected chi connectivity index (χ1v) is 9.26. The van der Waals surface area contributed by atoms with Crippen LogP contribution in [0.5, 0.6) is 5.75 Å². The Bertz CT molecular complexity index is 1070. The molecule has 9 nitrogen and oxygen atoms in total. The number of hydrogen-bond donors (Lipinski definition) is 1. The lowest BCUT2D eigenvalue weighted by molar-refractivity contribution is -0.121. The molecule has 1 aromatic heterocycles. The van der Waals surface area contributed by atoms with E-state index in [0.717, 1.165) is 10.5 Å². The predicted molar refractivity (Wildman–Crippen MR) is 105 cm³/mol. The van der Waals surface area contributed by atoms with E-state index in [1.54, 1.807) is 55.6 Å². The van der Waals surface area contributed by atoms with Crippen molar-refractivity contribution in [1.29, 1.82) is 0 Å². The van der Waals surface area contributed by atoms with E-state index in [0.29, 0.717) is 22.7 Å². The molecule has 0 bridgehead atoms. The summed E-state index contributed by atoms with van der Waals surface area (Å²) < 4.78 is 10.3. The second-order valence-electron chi connectivity index (χ2n) is 6.57. The molecule has 3 aromatic rings. The summed E-state index contributed by atoms with van der Waals surface area (Å²) in [5.74, 6) is 0.250. The number of rotatable bonds is 7. The van der Waals surface area contributed by atoms with Crippen LogP contribution >= 0.6 is 0 Å². The third kappa shape index (κ3) is 3.77. The molecule has 1 aliphatic heterocycles. The van der Waals surface area contributed by atoms with Crippen LogP contribution in [0.3, 0.4) is 0 Å². The van der Waals surface area contributed by atoms with Crippen molar-refractivity contribution < 1.29 is 23.6 Å². The van der Waals surface area contributed by atoms with Gasteiger partial charge >= 0.3 is 0 Å². The summed E-state index contributed by atoms with van der Waals surface area (Å²) in [5.41, 5.74) is 1.47. The molecule has 9 heteroatoms. The molecule has 0 saturated heterocycles. The molecule has 0 atom stereocenters. The number of aromatic nitrogens is 2. The topological polar surface area (TPSA) is 115 Å². The zero-order valence-electron chi connectivity index (χ0n) is 16.1. The van der Waals surface area contributed by atoms with Crippen molar-refractivity contribution in [2.75, 3.05) is 13.7 Å². The number of imide groups is 1. The Hall–Kier alpha value is -4.01. The molecule has 0 fully saturated rings. The van der Waals surface area contributed by atoms with Crippen molar-refractivity contribution in [1.82, 2.24) is 20.4 Å². The molecular formula is C21H18N4O5. The summed E-state index contributed by atoms with van der Waals surface area (Å²) in [4.78, 5) is 42.1. The SMILES string of the molecule is COc1ccc(-c2noc(CNC(=O)CCN3C(=O)c4ccccc4C3=O)n2)cc1. The third-order valence-corrected chi connectivity index (χ3v) is 4.69. The van der Waals surface area contributed by atoms with Gasteiger partial charge < -0.3 is 14.6 Å². The molecule has 0 saturated carbocycles. The first-order chi connectivity index (χ1) is 14.6. The van der Waals surface area contributed by atoms with E-state index in [-0.39, 0.29) is 43.1 Å². The minimum absolute atomic E-state index is 0.000881. The van der Waals surface area contributed by atoms with Crippen LogP contribution in [0.1, 0.15) is 33.0 Å². The fourth-order valence-corrected chi connectivity index (χ4v) is 3.10. The van der Waals surface area contributed by atoms with Crippen molar-refractivity contribution >= 4 is 17.7 Å². The molecule has 3 amide bonds. The van der Waals surface area contributed by atoms with Crippen molar-refractivity contribution in [2.45, 2.75) is 13.0 Å². The normalized spacial score (nSPS) is 12.8. The third-order valence-electron chi connectivity index (χ3n) is 4.69. The number of ether oxygens (including phenoxy) is 1. The molecular weight excluding hydrogens is 388 g/mol. The predicted octanol–water partition coefficient (Wildman–Crippen LogP) is 2.05. The van der Waals surface area contributed by atoms with Gasteiger partial charge in [0, 0.05) is 18.5 Å². The van der Waals surface area contributed by atoms with E-state index in [4.69, 9.17) is 9.26 Å². The van der Waals surface area contributed by atoms with E-state index in [1.165, 1.54) is 0 Å². The van der Waals surface area contributed by atoms with Crippen molar-refractivity contribution in [3.8, 4) is 17.1 Å². The molecule has 2 aromatic carbocycles. The zero-order chi connectivity index (χ0) is 21.1. The quantitative estimate of drug-likeness (QED) is 0.597. The summed E-state index contributed by atoms with van der Waals surface area (Å²) in [6.45, 7) is 0.0449. The van der Waals surface area contributed by atoms with Gasteiger partial charge in [-0.15, -0.1) is 0 Å². The fourth-order valence-electron chi connectivity index (χ4n) is 3.10. The van der Waals surface area contributed by atoms with Gasteiger partial charge in [0.2, 0.25) is 17.6 Å². The van der Waals surface area contributed by atoms with Gasteiger partial charge in [0.1, 0.15) is 5.75 Å². The summed E-state index contributed by atoms with van der Waals surface area (Å²) >= 11 is 0. The van der Waals surface area contributed by atoms with Crippen molar-refractivity contribution in [3.63, 3.8) is 0 Å². The van der Waals surface area contributed by atoms with Gasteiger partial charge in [-0.25, -0.2) is 0 Å². The summed E-state index contributed by atoms with van der Waals surface area (Å²) in [6, 6.07) is 13.8. The van der Waals surface area contributed by atoms with E-state index >= 15 is 0 Å². The second kappa shape index (κ2) is 8.16. The minimum atomic E-state index is -0.385. The number of carbonyl (C=O) groups excluding carboxylic acids is 3. The molecule has 152 valence electrons. The van der Waals surface area contributed by atoms with Crippen LogP contribution in [0.25, 0.3) is 11.4 Å². The average molecular weight is 406 g/mol. The molecule has 30 heavy (non-hydrogen) atoms. The van der Waals surface area contributed by atoms with Gasteiger partial charge in [-0.2, -0.15) is 4.98 Å². The molecule has 0 spiro atoms. The number of benzene rings is 2. The van der Waals surface area contributed by atoms with Crippen molar-refractivity contribution in [2.24, 2.45) is 0 Å². The number of nitrogens with one attached hydrogen (secondary N) is 1. The number of nitrogens with zero attached hydrogens (tertiary/aromatic N) is 3. The number of amides is 3. The Morgan fingerprint density at radius 2 is 1.73 bits per heavy atom. The Kier molecular flexibility index (Phi) is 5.25. The molecule has 1 N–H and O–H groups in total. The maximum Gasteiger partial charge on any atom is 0.261 e. The number of hydrogen-bond acceptors (Lipinski definition) is 7. The number of fused-ring (bicyclic) bond motifs is 1. The van der Waals surface area contributed by atoms with Crippen LogP contribution < -0.4 is 10.1 Å². The lowest BCUT2D eigenvalue weighted by Crippen LogP contribution is -2.34. The van der Waals surface area contributed by atoms with E-state index in [9.17, 15) is 14.4 Å². The maximum atomic E-state index is 12.3. The van der Waals surface area contributed by atoms with Gasteiger partial charge in [-0.1, -0.05) is 17.3 Å². The molecule has 1 aliphatic rings. The van der Waals surface area contributed by atoms with Crippen LogP contribution in [0.15, 0.2) is 53.1 Å². The highest BCUT2D eigenvalue weighted by Gasteiger charge is 2.34. The fraction of sp³-hybridized carbons (Fsp3) is 0.190. The Morgan fingerprint density at radius 3 is 2.37 bits per heavy atom. The van der Waals surface area contributed by atoms with Gasteiger partial charge in [-0.3, -0.25) is 19.3 Å². The molecule has 0 aliphatic carbocycles. The van der Waals surface area contributed by atoms with Gasteiger partial charge in [0.05, 0.1) is 24.8 Å². The molecule has 0 unspecified atom stereocenters. The van der Waals surface area contributed by atoms with Crippen molar-refractivity contribution in [3.05, 3.63) is 65.5 Å². The highest BCUT2D eigenvalue weighted by atomic mass is 16.5. The van der Waals surface area contributed by atoms with Crippen LogP contribution in [-0.4, -0.2) is 46.4 Å². The van der Waals surface area contributed by atoms with Crippen LogP contribution in [0.2, 0.25) is 0 Å². The first kappa shape index (κ1) is 19.3. The molecule has 2 heterocycles.